The van der Waals surface area contributed by atoms with Crippen LogP contribution in [0.25, 0.3) is 0 Å². The summed E-state index contributed by atoms with van der Waals surface area (Å²) in [5.74, 6) is -0.820. The lowest BCUT2D eigenvalue weighted by atomic mass is 9.89. The molecule has 3 rings (SSSR count). The van der Waals surface area contributed by atoms with Crippen molar-refractivity contribution in [2.75, 3.05) is 13.7 Å². The minimum atomic E-state index is -1.07. The molecule has 26 heavy (non-hydrogen) atoms. The lowest BCUT2D eigenvalue weighted by Crippen LogP contribution is -2.46. The largest absolute Gasteiger partial charge is 0.508 e. The number of rotatable bonds is 5. The molecule has 2 aromatic rings. The molecular weight excluding hydrogens is 332 g/mol. The van der Waals surface area contributed by atoms with E-state index in [0.717, 1.165) is 22.3 Å². The molecule has 140 valence electrons. The number of aliphatic hydroxyl groups excluding tert-OH is 2. The predicted octanol–water partition coefficient (Wildman–Crippen LogP) is 2.62. The van der Waals surface area contributed by atoms with Crippen molar-refractivity contribution in [1.29, 1.82) is 0 Å². The standard InChI is InChI=1S/C21H26O5/c1-14-3-6-17(10-16(14)9-15-4-7-18(23)8-5-15)21(25-2)12-19(24)11-20(13-22)26-21/h3-8,10,19-20,22-24H,9,11-13H2,1-2H3. The number of phenols is 1. The summed E-state index contributed by atoms with van der Waals surface area (Å²) in [5.41, 5.74) is 4.18. The highest BCUT2D eigenvalue weighted by Gasteiger charge is 2.43. The average Bonchev–Trinajstić information content (AvgIpc) is 2.64. The summed E-state index contributed by atoms with van der Waals surface area (Å²) in [5, 5.41) is 29.2. The van der Waals surface area contributed by atoms with Crippen molar-refractivity contribution in [2.45, 2.75) is 44.2 Å². The van der Waals surface area contributed by atoms with Gasteiger partial charge in [-0.1, -0.05) is 24.3 Å². The highest BCUT2D eigenvalue weighted by Crippen LogP contribution is 2.39. The van der Waals surface area contributed by atoms with Gasteiger partial charge in [-0.2, -0.15) is 0 Å². The normalized spacial score (nSPS) is 26.0. The second-order valence-electron chi connectivity index (χ2n) is 6.96. The summed E-state index contributed by atoms with van der Waals surface area (Å²) in [6.07, 6.45) is 0.379. The van der Waals surface area contributed by atoms with Gasteiger partial charge in [-0.15, -0.1) is 0 Å². The third kappa shape index (κ3) is 3.91. The summed E-state index contributed by atoms with van der Waals surface area (Å²) >= 11 is 0. The molecule has 1 saturated heterocycles. The zero-order valence-electron chi connectivity index (χ0n) is 15.2. The Morgan fingerprint density at radius 1 is 1.19 bits per heavy atom. The Kier molecular flexibility index (Phi) is 5.63. The Morgan fingerprint density at radius 2 is 1.92 bits per heavy atom. The zero-order chi connectivity index (χ0) is 18.7. The summed E-state index contributed by atoms with van der Waals surface area (Å²) in [6, 6.07) is 13.2. The van der Waals surface area contributed by atoms with Gasteiger partial charge in [-0.3, -0.25) is 0 Å². The van der Waals surface area contributed by atoms with E-state index < -0.39 is 18.0 Å². The van der Waals surface area contributed by atoms with E-state index in [-0.39, 0.29) is 12.4 Å². The van der Waals surface area contributed by atoms with Crippen LogP contribution in [-0.2, 0) is 21.7 Å². The predicted molar refractivity (Wildman–Crippen MR) is 98.0 cm³/mol. The van der Waals surface area contributed by atoms with Crippen LogP contribution in [0.5, 0.6) is 5.75 Å². The zero-order valence-corrected chi connectivity index (χ0v) is 15.2. The van der Waals surface area contributed by atoms with E-state index in [1.807, 2.05) is 37.3 Å². The topological polar surface area (TPSA) is 79.2 Å². The van der Waals surface area contributed by atoms with E-state index in [9.17, 15) is 15.3 Å². The maximum atomic E-state index is 10.2. The fraction of sp³-hybridized carbons (Fsp3) is 0.429. The molecule has 1 aliphatic heterocycles. The third-order valence-corrected chi connectivity index (χ3v) is 5.05. The SMILES string of the molecule is COC1(c2ccc(C)c(Cc3ccc(O)cc3)c2)CC(O)CC(CO)O1. The molecule has 0 saturated carbocycles. The number of aryl methyl sites for hydroxylation is 1. The Hall–Kier alpha value is -1.92. The van der Waals surface area contributed by atoms with Gasteiger partial charge in [0, 0.05) is 25.5 Å². The Balaban J connectivity index is 1.93. The number of aromatic hydroxyl groups is 1. The van der Waals surface area contributed by atoms with Crippen LogP contribution in [-0.4, -0.2) is 41.2 Å². The number of methoxy groups -OCH3 is 1. The van der Waals surface area contributed by atoms with Crippen LogP contribution < -0.4 is 0 Å². The van der Waals surface area contributed by atoms with Crippen molar-refractivity contribution >= 4 is 0 Å². The van der Waals surface area contributed by atoms with Gasteiger partial charge in [0.05, 0.1) is 18.8 Å². The van der Waals surface area contributed by atoms with Crippen LogP contribution in [0, 0.1) is 6.92 Å². The molecule has 0 aliphatic carbocycles. The van der Waals surface area contributed by atoms with Gasteiger partial charge in [0.2, 0.25) is 0 Å². The third-order valence-electron chi connectivity index (χ3n) is 5.05. The molecule has 1 fully saturated rings. The molecule has 3 unspecified atom stereocenters. The van der Waals surface area contributed by atoms with Gasteiger partial charge in [0.15, 0.2) is 5.79 Å². The van der Waals surface area contributed by atoms with Gasteiger partial charge in [-0.05, 0) is 48.2 Å². The molecule has 5 nitrogen and oxygen atoms in total. The van der Waals surface area contributed by atoms with Gasteiger partial charge < -0.3 is 24.8 Å². The van der Waals surface area contributed by atoms with Crippen molar-refractivity contribution < 1.29 is 24.8 Å². The molecule has 1 aliphatic rings. The van der Waals surface area contributed by atoms with E-state index in [1.54, 1.807) is 19.2 Å². The van der Waals surface area contributed by atoms with Crippen LogP contribution >= 0.6 is 0 Å². The summed E-state index contributed by atoms with van der Waals surface area (Å²) in [6.45, 7) is 1.89. The molecule has 1 heterocycles. The first kappa shape index (κ1) is 18.9. The van der Waals surface area contributed by atoms with Crippen molar-refractivity contribution in [2.24, 2.45) is 0 Å². The smallest absolute Gasteiger partial charge is 0.197 e. The second kappa shape index (κ2) is 7.76. The fourth-order valence-electron chi connectivity index (χ4n) is 3.54. The summed E-state index contributed by atoms with van der Waals surface area (Å²) < 4.78 is 11.7. The monoisotopic (exact) mass is 358 g/mol. The number of benzene rings is 2. The van der Waals surface area contributed by atoms with Crippen LogP contribution in [0.1, 0.15) is 35.1 Å². The van der Waals surface area contributed by atoms with Crippen LogP contribution in [0.2, 0.25) is 0 Å². The summed E-state index contributed by atoms with van der Waals surface area (Å²) in [4.78, 5) is 0. The molecule has 3 atom stereocenters. The van der Waals surface area contributed by atoms with E-state index in [4.69, 9.17) is 9.47 Å². The lowest BCUT2D eigenvalue weighted by Gasteiger charge is -2.42. The van der Waals surface area contributed by atoms with Crippen molar-refractivity contribution in [3.8, 4) is 5.75 Å². The molecule has 2 aromatic carbocycles. The first-order chi connectivity index (χ1) is 12.5. The van der Waals surface area contributed by atoms with Crippen LogP contribution in [0.3, 0.4) is 0 Å². The molecule has 0 spiro atoms. The Morgan fingerprint density at radius 3 is 2.58 bits per heavy atom. The lowest BCUT2D eigenvalue weighted by molar-refractivity contribution is -0.298. The quantitative estimate of drug-likeness (QED) is 0.766. The highest BCUT2D eigenvalue weighted by atomic mass is 16.7. The Bertz CT molecular complexity index is 743. The van der Waals surface area contributed by atoms with E-state index in [1.165, 1.54) is 0 Å². The first-order valence-electron chi connectivity index (χ1n) is 8.85. The number of phenolic OH excluding ortho intramolecular Hbond substituents is 1. The minimum Gasteiger partial charge on any atom is -0.508 e. The van der Waals surface area contributed by atoms with E-state index >= 15 is 0 Å². The van der Waals surface area contributed by atoms with Crippen molar-refractivity contribution in [3.05, 3.63) is 64.7 Å². The second-order valence-corrected chi connectivity index (χ2v) is 6.96. The van der Waals surface area contributed by atoms with Gasteiger partial charge in [0.1, 0.15) is 5.75 Å². The highest BCUT2D eigenvalue weighted by molar-refractivity contribution is 5.38. The number of hydrogen-bond acceptors (Lipinski definition) is 5. The van der Waals surface area contributed by atoms with Crippen LogP contribution in [0.4, 0.5) is 0 Å². The molecule has 0 radical (unpaired) electrons. The van der Waals surface area contributed by atoms with Crippen molar-refractivity contribution in [1.82, 2.24) is 0 Å². The van der Waals surface area contributed by atoms with Crippen molar-refractivity contribution in [3.63, 3.8) is 0 Å². The molecule has 5 heteroatoms. The molecule has 0 amide bonds. The number of hydrogen-bond donors (Lipinski definition) is 3. The maximum Gasteiger partial charge on any atom is 0.197 e. The molecule has 3 N–H and O–H groups in total. The first-order valence-corrected chi connectivity index (χ1v) is 8.85. The fourth-order valence-corrected chi connectivity index (χ4v) is 3.54. The van der Waals surface area contributed by atoms with Crippen LogP contribution in [0.15, 0.2) is 42.5 Å². The van der Waals surface area contributed by atoms with E-state index in [2.05, 4.69) is 0 Å². The number of ether oxygens (including phenoxy) is 2. The minimum absolute atomic E-state index is 0.158. The van der Waals surface area contributed by atoms with Gasteiger partial charge in [-0.25, -0.2) is 0 Å². The van der Waals surface area contributed by atoms with Gasteiger partial charge >= 0.3 is 0 Å². The van der Waals surface area contributed by atoms with Gasteiger partial charge in [0.25, 0.3) is 0 Å². The number of aliphatic hydroxyl groups is 2. The average molecular weight is 358 g/mol. The van der Waals surface area contributed by atoms with E-state index in [0.29, 0.717) is 19.3 Å². The molecule has 0 bridgehead atoms. The maximum absolute atomic E-state index is 10.2. The summed E-state index contributed by atoms with van der Waals surface area (Å²) in [7, 11) is 1.56. The molecular formula is C21H26O5. The molecule has 0 aromatic heterocycles. The Labute approximate surface area is 153 Å².